The minimum absolute atomic E-state index is 0.418. The zero-order valence-corrected chi connectivity index (χ0v) is 9.95. The molecule has 0 spiro atoms. The Morgan fingerprint density at radius 3 is 2.62 bits per heavy atom. The van der Waals surface area contributed by atoms with Crippen LogP contribution in [-0.4, -0.2) is 19.8 Å². The Morgan fingerprint density at radius 2 is 1.94 bits per heavy atom. The standard InChI is InChI=1S/C13H19NO2/c1-9(5-6-14)11-4-3-10(2)12-13(11)16-8-7-15-12/h3-4,9H,5-8,14H2,1-2H3. The molecular weight excluding hydrogens is 202 g/mol. The SMILES string of the molecule is Cc1ccc(C(C)CCN)c2c1OCCO2. The molecule has 0 fully saturated rings. The van der Waals surface area contributed by atoms with Gasteiger partial charge in [0.25, 0.3) is 0 Å². The van der Waals surface area contributed by atoms with Crippen molar-refractivity contribution >= 4 is 0 Å². The van der Waals surface area contributed by atoms with Gasteiger partial charge in [-0.05, 0) is 31.4 Å². The summed E-state index contributed by atoms with van der Waals surface area (Å²) in [6, 6.07) is 4.22. The van der Waals surface area contributed by atoms with Crippen molar-refractivity contribution in [2.75, 3.05) is 19.8 Å². The molecule has 0 aromatic heterocycles. The van der Waals surface area contributed by atoms with Crippen LogP contribution in [0.1, 0.15) is 30.4 Å². The van der Waals surface area contributed by atoms with E-state index >= 15 is 0 Å². The number of hydrogen-bond acceptors (Lipinski definition) is 3. The smallest absolute Gasteiger partial charge is 0.165 e. The highest BCUT2D eigenvalue weighted by molar-refractivity contribution is 5.53. The monoisotopic (exact) mass is 221 g/mol. The van der Waals surface area contributed by atoms with E-state index in [2.05, 4.69) is 19.1 Å². The van der Waals surface area contributed by atoms with Crippen LogP contribution < -0.4 is 15.2 Å². The lowest BCUT2D eigenvalue weighted by Crippen LogP contribution is -2.18. The maximum absolute atomic E-state index is 5.74. The van der Waals surface area contributed by atoms with Gasteiger partial charge in [0.05, 0.1) is 0 Å². The molecule has 0 bridgehead atoms. The van der Waals surface area contributed by atoms with Crippen LogP contribution in [0.4, 0.5) is 0 Å². The van der Waals surface area contributed by atoms with E-state index < -0.39 is 0 Å². The van der Waals surface area contributed by atoms with E-state index in [4.69, 9.17) is 15.2 Å². The van der Waals surface area contributed by atoms with Crippen LogP contribution >= 0.6 is 0 Å². The van der Waals surface area contributed by atoms with Gasteiger partial charge in [-0.2, -0.15) is 0 Å². The zero-order chi connectivity index (χ0) is 11.5. The minimum atomic E-state index is 0.418. The first-order valence-corrected chi connectivity index (χ1v) is 5.83. The zero-order valence-electron chi connectivity index (χ0n) is 9.95. The van der Waals surface area contributed by atoms with Gasteiger partial charge < -0.3 is 15.2 Å². The predicted octanol–water partition coefficient (Wildman–Crippen LogP) is 2.22. The minimum Gasteiger partial charge on any atom is -0.486 e. The first-order valence-electron chi connectivity index (χ1n) is 5.83. The highest BCUT2D eigenvalue weighted by Crippen LogP contribution is 2.40. The Hall–Kier alpha value is -1.22. The lowest BCUT2D eigenvalue weighted by molar-refractivity contribution is 0.168. The Morgan fingerprint density at radius 1 is 1.25 bits per heavy atom. The molecule has 1 aliphatic heterocycles. The van der Waals surface area contributed by atoms with Gasteiger partial charge in [-0.15, -0.1) is 0 Å². The second-order valence-corrected chi connectivity index (χ2v) is 4.31. The van der Waals surface area contributed by atoms with Crippen LogP contribution in [0, 0.1) is 6.92 Å². The quantitative estimate of drug-likeness (QED) is 0.851. The van der Waals surface area contributed by atoms with Gasteiger partial charge in [-0.3, -0.25) is 0 Å². The maximum atomic E-state index is 5.74. The largest absolute Gasteiger partial charge is 0.486 e. The lowest BCUT2D eigenvalue weighted by Gasteiger charge is -2.25. The Kier molecular flexibility index (Phi) is 3.34. The maximum Gasteiger partial charge on any atom is 0.165 e. The number of benzene rings is 1. The summed E-state index contributed by atoms with van der Waals surface area (Å²) in [4.78, 5) is 0. The third-order valence-electron chi connectivity index (χ3n) is 3.05. The number of rotatable bonds is 3. The van der Waals surface area contributed by atoms with Gasteiger partial charge in [0.2, 0.25) is 0 Å². The molecule has 0 radical (unpaired) electrons. The van der Waals surface area contributed by atoms with Crippen LogP contribution in [0.2, 0.25) is 0 Å². The molecular formula is C13H19NO2. The van der Waals surface area contributed by atoms with Crippen LogP contribution in [0.15, 0.2) is 12.1 Å². The summed E-state index contributed by atoms with van der Waals surface area (Å²) in [5.74, 6) is 2.25. The van der Waals surface area contributed by atoms with Gasteiger partial charge in [-0.1, -0.05) is 19.1 Å². The summed E-state index contributed by atoms with van der Waals surface area (Å²) >= 11 is 0. The van der Waals surface area contributed by atoms with E-state index in [0.29, 0.717) is 25.7 Å². The average molecular weight is 221 g/mol. The Bertz CT molecular complexity index is 376. The van der Waals surface area contributed by atoms with Crippen molar-refractivity contribution in [1.29, 1.82) is 0 Å². The molecule has 0 saturated heterocycles. The van der Waals surface area contributed by atoms with E-state index in [9.17, 15) is 0 Å². The molecule has 2 rings (SSSR count). The molecule has 1 heterocycles. The Labute approximate surface area is 96.5 Å². The van der Waals surface area contributed by atoms with E-state index in [1.165, 1.54) is 5.56 Å². The van der Waals surface area contributed by atoms with Gasteiger partial charge in [-0.25, -0.2) is 0 Å². The van der Waals surface area contributed by atoms with Crippen molar-refractivity contribution in [2.45, 2.75) is 26.2 Å². The van der Waals surface area contributed by atoms with Gasteiger partial charge in [0, 0.05) is 5.56 Å². The fraction of sp³-hybridized carbons (Fsp3) is 0.538. The van der Waals surface area contributed by atoms with Crippen LogP contribution in [-0.2, 0) is 0 Å². The highest BCUT2D eigenvalue weighted by Gasteiger charge is 2.20. The number of ether oxygens (including phenoxy) is 2. The predicted molar refractivity (Wildman–Crippen MR) is 64.3 cm³/mol. The molecule has 0 saturated carbocycles. The summed E-state index contributed by atoms with van der Waals surface area (Å²) < 4.78 is 11.4. The van der Waals surface area contributed by atoms with Crippen molar-refractivity contribution in [2.24, 2.45) is 5.73 Å². The fourth-order valence-corrected chi connectivity index (χ4v) is 2.09. The van der Waals surface area contributed by atoms with Crippen molar-refractivity contribution < 1.29 is 9.47 Å². The summed E-state index contributed by atoms with van der Waals surface area (Å²) in [5, 5.41) is 0. The van der Waals surface area contributed by atoms with Crippen molar-refractivity contribution in [3.63, 3.8) is 0 Å². The molecule has 1 aromatic rings. The molecule has 3 heteroatoms. The number of fused-ring (bicyclic) bond motifs is 1. The molecule has 1 atom stereocenters. The van der Waals surface area contributed by atoms with Crippen molar-refractivity contribution in [3.8, 4) is 11.5 Å². The van der Waals surface area contributed by atoms with Gasteiger partial charge >= 0.3 is 0 Å². The van der Waals surface area contributed by atoms with E-state index in [0.717, 1.165) is 23.5 Å². The Balaban J connectivity index is 2.38. The van der Waals surface area contributed by atoms with E-state index in [1.54, 1.807) is 0 Å². The van der Waals surface area contributed by atoms with Crippen LogP contribution in [0.3, 0.4) is 0 Å². The van der Waals surface area contributed by atoms with Crippen molar-refractivity contribution in [1.82, 2.24) is 0 Å². The van der Waals surface area contributed by atoms with E-state index in [1.807, 2.05) is 6.92 Å². The summed E-state index contributed by atoms with van der Waals surface area (Å²) in [6.45, 7) is 6.20. The molecule has 0 amide bonds. The second kappa shape index (κ2) is 4.74. The molecule has 1 aromatic carbocycles. The van der Waals surface area contributed by atoms with Crippen LogP contribution in [0.25, 0.3) is 0 Å². The highest BCUT2D eigenvalue weighted by atomic mass is 16.6. The molecule has 2 N–H and O–H groups in total. The summed E-state index contributed by atoms with van der Waals surface area (Å²) in [5.41, 5.74) is 7.95. The second-order valence-electron chi connectivity index (χ2n) is 4.31. The lowest BCUT2D eigenvalue weighted by atomic mass is 9.95. The molecule has 3 nitrogen and oxygen atoms in total. The molecule has 0 aliphatic carbocycles. The summed E-state index contributed by atoms with van der Waals surface area (Å²) in [7, 11) is 0. The first kappa shape index (κ1) is 11.3. The third kappa shape index (κ3) is 2.00. The number of hydrogen-bond donors (Lipinski definition) is 1. The number of aryl methyl sites for hydroxylation is 1. The molecule has 1 aliphatic rings. The van der Waals surface area contributed by atoms with E-state index in [-0.39, 0.29) is 0 Å². The molecule has 1 unspecified atom stereocenters. The van der Waals surface area contributed by atoms with Gasteiger partial charge in [0.1, 0.15) is 13.2 Å². The third-order valence-corrected chi connectivity index (χ3v) is 3.05. The topological polar surface area (TPSA) is 44.5 Å². The molecule has 16 heavy (non-hydrogen) atoms. The molecule has 88 valence electrons. The normalized spacial score (nSPS) is 15.9. The van der Waals surface area contributed by atoms with Crippen molar-refractivity contribution in [3.05, 3.63) is 23.3 Å². The average Bonchev–Trinajstić information content (AvgIpc) is 2.30. The summed E-state index contributed by atoms with van der Waals surface area (Å²) in [6.07, 6.45) is 0.971. The first-order chi connectivity index (χ1) is 7.74. The number of nitrogens with two attached hydrogens (primary N) is 1. The van der Waals surface area contributed by atoms with Gasteiger partial charge in [0.15, 0.2) is 11.5 Å². The fourth-order valence-electron chi connectivity index (χ4n) is 2.09. The van der Waals surface area contributed by atoms with Crippen LogP contribution in [0.5, 0.6) is 11.5 Å².